The van der Waals surface area contributed by atoms with Crippen LogP contribution in [0.15, 0.2) is 73.1 Å². The number of nitrogens with one attached hydrogen (secondary N) is 3. The molecule has 5 rings (SSSR count). The van der Waals surface area contributed by atoms with Crippen molar-refractivity contribution < 1.29 is 21.9 Å². The SMILES string of the molecule is O=S(=O)(Cc1ccccc1)Nc1cc(F)c(Oc2ncccc2-c2ccnc(NC3CCCNC3)n2)cc1F. The zero-order valence-corrected chi connectivity index (χ0v) is 21.6. The first-order valence-corrected chi connectivity index (χ1v) is 14.0. The predicted octanol–water partition coefficient (Wildman–Crippen LogP) is 4.71. The third kappa shape index (κ3) is 6.84. The van der Waals surface area contributed by atoms with Gasteiger partial charge in [-0.1, -0.05) is 30.3 Å². The van der Waals surface area contributed by atoms with Crippen LogP contribution in [0, 0.1) is 11.6 Å². The van der Waals surface area contributed by atoms with Crippen molar-refractivity contribution in [2.45, 2.75) is 24.6 Å². The van der Waals surface area contributed by atoms with Crippen molar-refractivity contribution in [3.8, 4) is 22.9 Å². The van der Waals surface area contributed by atoms with Gasteiger partial charge in [0.25, 0.3) is 0 Å². The molecule has 39 heavy (non-hydrogen) atoms. The second kappa shape index (κ2) is 11.7. The first-order chi connectivity index (χ1) is 18.9. The molecule has 1 fully saturated rings. The van der Waals surface area contributed by atoms with E-state index in [0.717, 1.165) is 38.1 Å². The molecule has 1 atom stereocenters. The maximum Gasteiger partial charge on any atom is 0.237 e. The number of aromatic nitrogens is 3. The summed E-state index contributed by atoms with van der Waals surface area (Å²) in [5.74, 6) is -2.40. The number of benzene rings is 2. The van der Waals surface area contributed by atoms with Gasteiger partial charge in [0.1, 0.15) is 0 Å². The number of halogens is 2. The second-order valence-electron chi connectivity index (χ2n) is 9.02. The Kier molecular flexibility index (Phi) is 7.94. The Morgan fingerprint density at radius 2 is 1.85 bits per heavy atom. The van der Waals surface area contributed by atoms with E-state index in [1.165, 1.54) is 6.20 Å². The Morgan fingerprint density at radius 3 is 2.64 bits per heavy atom. The van der Waals surface area contributed by atoms with Gasteiger partial charge in [0.05, 0.1) is 22.7 Å². The molecular weight excluding hydrogens is 526 g/mol. The standard InChI is InChI=1S/C27H26F2N6O3S/c28-21-15-25(22(29)14-24(21)35-39(36,37)17-18-6-2-1-3-7-18)38-26-20(9-5-12-31-26)23-10-13-32-27(34-23)33-19-8-4-11-30-16-19/h1-3,5-7,9-10,12-15,19,30,35H,4,8,11,16-17H2,(H,32,33,34). The molecule has 202 valence electrons. The lowest BCUT2D eigenvalue weighted by Crippen LogP contribution is -2.38. The highest BCUT2D eigenvalue weighted by atomic mass is 32.2. The maximum atomic E-state index is 15.0. The first kappa shape index (κ1) is 26.4. The van der Waals surface area contributed by atoms with E-state index in [1.54, 1.807) is 54.7 Å². The number of ether oxygens (including phenoxy) is 1. The molecule has 0 radical (unpaired) electrons. The van der Waals surface area contributed by atoms with Gasteiger partial charge in [0.2, 0.25) is 21.9 Å². The molecule has 1 saturated heterocycles. The van der Waals surface area contributed by atoms with E-state index in [9.17, 15) is 17.2 Å². The van der Waals surface area contributed by atoms with Crippen molar-refractivity contribution in [1.82, 2.24) is 20.3 Å². The normalized spacial score (nSPS) is 15.5. The summed E-state index contributed by atoms with van der Waals surface area (Å²) in [7, 11) is -3.99. The lowest BCUT2D eigenvalue weighted by Gasteiger charge is -2.23. The van der Waals surface area contributed by atoms with Gasteiger partial charge in [-0.15, -0.1) is 0 Å². The molecule has 3 N–H and O–H groups in total. The Bertz CT molecular complexity index is 1550. The van der Waals surface area contributed by atoms with Crippen molar-refractivity contribution in [2.75, 3.05) is 23.1 Å². The van der Waals surface area contributed by atoms with Gasteiger partial charge in [0, 0.05) is 37.1 Å². The molecule has 4 aromatic rings. The highest BCUT2D eigenvalue weighted by Gasteiger charge is 2.20. The van der Waals surface area contributed by atoms with Gasteiger partial charge >= 0.3 is 0 Å². The topological polar surface area (TPSA) is 118 Å². The lowest BCUT2D eigenvalue weighted by atomic mass is 10.1. The molecule has 0 spiro atoms. The van der Waals surface area contributed by atoms with Crippen LogP contribution >= 0.6 is 0 Å². The molecule has 3 heterocycles. The van der Waals surface area contributed by atoms with Crippen LogP contribution in [0.5, 0.6) is 11.6 Å². The average molecular weight is 553 g/mol. The molecule has 0 amide bonds. The van der Waals surface area contributed by atoms with Crippen LogP contribution in [0.1, 0.15) is 18.4 Å². The van der Waals surface area contributed by atoms with E-state index >= 15 is 0 Å². The summed E-state index contributed by atoms with van der Waals surface area (Å²) in [4.78, 5) is 13.0. The second-order valence-corrected chi connectivity index (χ2v) is 10.7. The maximum absolute atomic E-state index is 15.0. The summed E-state index contributed by atoms with van der Waals surface area (Å²) in [6.07, 6.45) is 5.08. The van der Waals surface area contributed by atoms with Gasteiger partial charge in [-0.25, -0.2) is 32.2 Å². The molecule has 2 aromatic heterocycles. The van der Waals surface area contributed by atoms with E-state index in [4.69, 9.17) is 4.74 Å². The molecule has 1 aliphatic rings. The summed E-state index contributed by atoms with van der Waals surface area (Å²) < 4.78 is 62.6. The summed E-state index contributed by atoms with van der Waals surface area (Å²) in [5, 5.41) is 6.63. The van der Waals surface area contributed by atoms with Crippen LogP contribution in [0.2, 0.25) is 0 Å². The van der Waals surface area contributed by atoms with Crippen LogP contribution in [-0.2, 0) is 15.8 Å². The Morgan fingerprint density at radius 1 is 1.00 bits per heavy atom. The van der Waals surface area contributed by atoms with E-state index in [2.05, 4.69) is 30.3 Å². The third-order valence-electron chi connectivity index (χ3n) is 6.03. The predicted molar refractivity (Wildman–Crippen MR) is 144 cm³/mol. The quantitative estimate of drug-likeness (QED) is 0.273. The van der Waals surface area contributed by atoms with Crippen molar-refractivity contribution in [3.63, 3.8) is 0 Å². The van der Waals surface area contributed by atoms with Crippen molar-refractivity contribution in [3.05, 3.63) is 90.3 Å². The fourth-order valence-electron chi connectivity index (χ4n) is 4.19. The number of hydrogen-bond acceptors (Lipinski definition) is 8. The van der Waals surface area contributed by atoms with Crippen LogP contribution in [0.25, 0.3) is 11.3 Å². The molecule has 12 heteroatoms. The third-order valence-corrected chi connectivity index (χ3v) is 7.27. The summed E-state index contributed by atoms with van der Waals surface area (Å²) in [5.41, 5.74) is 0.899. The van der Waals surface area contributed by atoms with Crippen molar-refractivity contribution in [1.29, 1.82) is 0 Å². The molecule has 9 nitrogen and oxygen atoms in total. The largest absolute Gasteiger partial charge is 0.435 e. The minimum absolute atomic E-state index is 0.00260. The van der Waals surface area contributed by atoms with Crippen LogP contribution in [-0.4, -0.2) is 42.5 Å². The lowest BCUT2D eigenvalue weighted by molar-refractivity contribution is 0.424. The monoisotopic (exact) mass is 552 g/mol. The fourth-order valence-corrected chi connectivity index (χ4v) is 5.38. The molecule has 1 aliphatic heterocycles. The first-order valence-electron chi connectivity index (χ1n) is 12.3. The van der Waals surface area contributed by atoms with Gasteiger partial charge < -0.3 is 15.4 Å². The highest BCUT2D eigenvalue weighted by molar-refractivity contribution is 7.91. The van der Waals surface area contributed by atoms with E-state index in [0.29, 0.717) is 22.8 Å². The Balaban J connectivity index is 1.35. The van der Waals surface area contributed by atoms with E-state index < -0.39 is 38.8 Å². The van der Waals surface area contributed by atoms with Crippen molar-refractivity contribution in [2.24, 2.45) is 0 Å². The molecule has 0 aliphatic carbocycles. The molecule has 2 aromatic carbocycles. The van der Waals surface area contributed by atoms with Gasteiger partial charge in [-0.2, -0.15) is 0 Å². The van der Waals surface area contributed by atoms with Crippen LogP contribution < -0.4 is 20.1 Å². The van der Waals surface area contributed by atoms with Gasteiger partial charge in [0.15, 0.2) is 17.4 Å². The zero-order valence-electron chi connectivity index (χ0n) is 20.8. The van der Waals surface area contributed by atoms with Crippen LogP contribution in [0.3, 0.4) is 0 Å². The number of pyridine rings is 1. The number of piperidine rings is 1. The van der Waals surface area contributed by atoms with Gasteiger partial charge in [-0.05, 0) is 43.1 Å². The Labute approximate surface area is 224 Å². The number of hydrogen-bond donors (Lipinski definition) is 3. The minimum atomic E-state index is -3.99. The molecular formula is C27H26F2N6O3S. The minimum Gasteiger partial charge on any atom is -0.435 e. The fraction of sp³-hybridized carbons (Fsp3) is 0.222. The Hall–Kier alpha value is -4.16. The highest BCUT2D eigenvalue weighted by Crippen LogP contribution is 2.34. The molecule has 0 saturated carbocycles. The number of nitrogens with zero attached hydrogens (tertiary/aromatic N) is 3. The summed E-state index contributed by atoms with van der Waals surface area (Å²) in [6, 6.07) is 15.1. The van der Waals surface area contributed by atoms with Crippen molar-refractivity contribution >= 4 is 21.7 Å². The summed E-state index contributed by atoms with van der Waals surface area (Å²) in [6.45, 7) is 1.78. The molecule has 0 bridgehead atoms. The average Bonchev–Trinajstić information content (AvgIpc) is 2.93. The number of sulfonamides is 1. The number of rotatable bonds is 9. The zero-order chi connectivity index (χ0) is 27.2. The van der Waals surface area contributed by atoms with Gasteiger partial charge in [-0.3, -0.25) is 4.72 Å². The molecule has 1 unspecified atom stereocenters. The van der Waals surface area contributed by atoms with Crippen LogP contribution in [0.4, 0.5) is 20.4 Å². The summed E-state index contributed by atoms with van der Waals surface area (Å²) >= 11 is 0. The number of anilines is 2. The van der Waals surface area contributed by atoms with E-state index in [1.807, 2.05) is 0 Å². The smallest absolute Gasteiger partial charge is 0.237 e. The van der Waals surface area contributed by atoms with E-state index in [-0.39, 0.29) is 11.9 Å².